The molecule has 1 radical (unpaired) electrons. The molecule has 507 valence electrons. The number of aliphatic hydroxyl groups excluding tert-OH is 2. The summed E-state index contributed by atoms with van der Waals surface area (Å²) in [6, 6.07) is 2.56. The summed E-state index contributed by atoms with van der Waals surface area (Å²) in [6.07, 6.45) is -5.12. The number of aliphatic hydroxyl groups is 2. The number of aryl methyl sites for hydroxylation is 2. The molecule has 92 heavy (non-hydrogen) atoms. The Bertz CT molecular complexity index is 3550. The molecule has 30 heteroatoms. The van der Waals surface area contributed by atoms with Crippen LogP contribution < -0.4 is 44.6 Å². The number of allylic oxidation sites excluding steroid dienone is 6. The van der Waals surface area contributed by atoms with E-state index in [9.17, 15) is 53.2 Å². The Labute approximate surface area is 545 Å². The van der Waals surface area contributed by atoms with Crippen LogP contribution >= 0.6 is 7.82 Å². The number of imidazole rings is 1. The molecule has 8 bridgehead atoms. The summed E-state index contributed by atoms with van der Waals surface area (Å²) in [4.78, 5) is 128. The van der Waals surface area contributed by atoms with E-state index < -0.39 is 156 Å². The van der Waals surface area contributed by atoms with Crippen molar-refractivity contribution in [2.24, 2.45) is 94.7 Å². The first-order valence-corrected chi connectivity index (χ1v) is 32.0. The summed E-state index contributed by atoms with van der Waals surface area (Å²) in [5.41, 5.74) is 36.6. The zero-order valence-corrected chi connectivity index (χ0v) is 55.9. The van der Waals surface area contributed by atoms with Gasteiger partial charge in [-0.1, -0.05) is 40.7 Å². The van der Waals surface area contributed by atoms with Gasteiger partial charge in [0, 0.05) is 108 Å². The third-order valence-electron chi connectivity index (χ3n) is 20.6. The fraction of sp³-hybridized carbons (Fsp3) is 0.629. The van der Waals surface area contributed by atoms with Crippen LogP contribution in [0.4, 0.5) is 0 Å². The molecule has 0 saturated carbocycles. The Hall–Kier alpha value is -6.53. The number of aliphatic imine (C=N–C) groups is 3. The van der Waals surface area contributed by atoms with Crippen LogP contribution in [-0.2, 0) is 68.7 Å². The molecule has 8 rings (SSSR count). The van der Waals surface area contributed by atoms with Gasteiger partial charge in [-0.25, -0.2) is 4.98 Å². The number of benzene rings is 1. The minimum absolute atomic E-state index is 0. The number of rotatable bonds is 26. The molecule has 0 aliphatic carbocycles. The summed E-state index contributed by atoms with van der Waals surface area (Å²) in [7, 11) is -5.34. The summed E-state index contributed by atoms with van der Waals surface area (Å²) in [6.45, 7) is 18.9. The number of aromatic nitrogens is 2. The van der Waals surface area contributed by atoms with Crippen LogP contribution in [0.3, 0.4) is 0 Å². The molecule has 6 aliphatic heterocycles. The number of nitrogens with zero attached hydrogens (tertiary/aromatic N) is 6. The molecule has 2 aromatic rings. The number of carbonyl (C=O) groups is 7. The van der Waals surface area contributed by atoms with E-state index in [0.29, 0.717) is 56.4 Å². The van der Waals surface area contributed by atoms with Crippen LogP contribution in [0.1, 0.15) is 150 Å². The third kappa shape index (κ3) is 14.0. The molecule has 7 amide bonds. The van der Waals surface area contributed by atoms with Crippen molar-refractivity contribution >= 4 is 77.3 Å². The van der Waals surface area contributed by atoms with Crippen LogP contribution in [0.5, 0.6) is 0 Å². The molecular formula is C62H90CoN13O15P. The van der Waals surface area contributed by atoms with Crippen LogP contribution in [-0.4, -0.2) is 133 Å². The van der Waals surface area contributed by atoms with E-state index in [2.05, 4.69) is 10.3 Å². The Morgan fingerprint density at radius 2 is 1.38 bits per heavy atom. The monoisotopic (exact) mass is 1350 g/mol. The van der Waals surface area contributed by atoms with Crippen LogP contribution in [0, 0.1) is 59.2 Å². The van der Waals surface area contributed by atoms with E-state index in [1.54, 1.807) is 13.8 Å². The summed E-state index contributed by atoms with van der Waals surface area (Å²) >= 11 is 0. The normalized spacial score (nSPS) is 32.9. The second-order valence-corrected chi connectivity index (χ2v) is 28.2. The van der Waals surface area contributed by atoms with Crippen LogP contribution in [0.25, 0.3) is 16.4 Å². The van der Waals surface area contributed by atoms with Gasteiger partial charge in [-0.2, -0.15) is 5.70 Å². The van der Waals surface area contributed by atoms with Gasteiger partial charge in [0.2, 0.25) is 41.4 Å². The predicted octanol–water partition coefficient (Wildman–Crippen LogP) is 2.49. The fourth-order valence-corrected chi connectivity index (χ4v) is 16.6. The van der Waals surface area contributed by atoms with E-state index in [0.717, 1.165) is 11.1 Å². The number of carbonyl (C=O) groups excluding carboxylic acids is 7. The molecule has 28 nitrogen and oxygen atoms in total. The molecule has 1 aromatic carbocycles. The molecule has 15 atom stereocenters. The summed E-state index contributed by atoms with van der Waals surface area (Å²) < 4.78 is 31.9. The van der Waals surface area contributed by atoms with Crippen molar-refractivity contribution in [3.63, 3.8) is 0 Å². The Morgan fingerprint density at radius 1 is 0.804 bits per heavy atom. The molecule has 17 N–H and O–H groups in total. The third-order valence-corrected chi connectivity index (χ3v) is 21.7. The van der Waals surface area contributed by atoms with Gasteiger partial charge >= 0.3 is 16.8 Å². The van der Waals surface area contributed by atoms with Gasteiger partial charge < -0.3 is 84.0 Å². The van der Waals surface area contributed by atoms with Crippen molar-refractivity contribution in [1.29, 1.82) is 0 Å². The van der Waals surface area contributed by atoms with Crippen molar-refractivity contribution in [3.05, 3.63) is 69.2 Å². The summed E-state index contributed by atoms with van der Waals surface area (Å²) in [5.74, 6) is -7.37. The average molecular weight is 1350 g/mol. The van der Waals surface area contributed by atoms with E-state index >= 15 is 0 Å². The summed E-state index contributed by atoms with van der Waals surface area (Å²) in [5, 5.41) is 30.1. The number of phosphoric ester groups is 1. The molecule has 6 aliphatic rings. The number of amides is 7. The molecule has 2 saturated heterocycles. The number of fused-ring (bicyclic) bond motifs is 7. The predicted molar refractivity (Wildman–Crippen MR) is 335 cm³/mol. The van der Waals surface area contributed by atoms with Gasteiger partial charge in [-0.3, -0.25) is 53.1 Å². The zero-order chi connectivity index (χ0) is 66.7. The van der Waals surface area contributed by atoms with Crippen molar-refractivity contribution < 1.29 is 89.3 Å². The smallest absolute Gasteiger partial charge is 0.756 e. The average Bonchev–Trinajstić information content (AvgIpc) is 1.52. The molecule has 0 spiro atoms. The number of primary amides is 6. The SMILES string of the molecule is C/C1=C2/[N-]C([C@](CCC(=O)NCC(C)OP(=O)([O-])O[C@H]3[C@@H](O)[C@@H](n4cnc5cc(C)c(C)cc54)O[C@@H]3CO)(CC(N)=O)[C@H]2C)[C@@]2(C)N=C(/C(C)=C3\N=C(C=C4N=C1[C@@H](CCC(N)=O)C4(C)C)[C@@H](CCC(N)=O)[C@]3(C)CC(N)=O)[C@@H](CCC(N)=O)[C@]2(C)CC(N)=O.O.[Co+2]. The molecule has 2 fully saturated rings. The fourth-order valence-electron chi connectivity index (χ4n) is 15.5. The minimum atomic E-state index is -5.34. The first kappa shape index (κ1) is 74.5. The van der Waals surface area contributed by atoms with Gasteiger partial charge in [0.15, 0.2) is 6.23 Å². The maximum Gasteiger partial charge on any atom is 2.00 e. The second kappa shape index (κ2) is 27.8. The molecule has 1 aromatic heterocycles. The number of hydrogen-bond acceptors (Lipinski definition) is 18. The maximum absolute atomic E-state index is 14.5. The van der Waals surface area contributed by atoms with E-state index in [4.69, 9.17) is 68.5 Å². The van der Waals surface area contributed by atoms with E-state index in [1.807, 2.05) is 73.6 Å². The topological polar surface area (TPSA) is 496 Å². The molecular weight excluding hydrogens is 1260 g/mol. The Kier molecular flexibility index (Phi) is 22.5. The number of hydrogen-bond donors (Lipinski definition) is 9. The van der Waals surface area contributed by atoms with Crippen molar-refractivity contribution in [1.82, 2.24) is 14.9 Å². The first-order valence-electron chi connectivity index (χ1n) is 30.5. The van der Waals surface area contributed by atoms with Gasteiger partial charge in [-0.05, 0) is 119 Å². The van der Waals surface area contributed by atoms with Crippen LogP contribution in [0.15, 0.2) is 67.8 Å². The van der Waals surface area contributed by atoms with Gasteiger partial charge in [-0.15, -0.1) is 0 Å². The zero-order valence-electron chi connectivity index (χ0n) is 54.0. The van der Waals surface area contributed by atoms with Crippen molar-refractivity contribution in [2.45, 2.75) is 189 Å². The molecule has 3 unspecified atom stereocenters. The number of nitrogens with two attached hydrogens (primary N) is 6. The van der Waals surface area contributed by atoms with E-state index in [1.165, 1.54) is 17.8 Å². The van der Waals surface area contributed by atoms with Crippen molar-refractivity contribution in [3.8, 4) is 0 Å². The minimum Gasteiger partial charge on any atom is -0.756 e. The first-order chi connectivity index (χ1) is 41.9. The number of phosphoric acid groups is 1. The Morgan fingerprint density at radius 3 is 1.96 bits per heavy atom. The molecule has 7 heterocycles. The standard InChI is InChI=1S/C62H90N13O14P.Co.H2O/c1-29-20-39-40(21-30(29)2)75(28-70-39)56-53(84)54(41(27-76)87-56)89-90(85,86)88-31(3)26-69-49(83)18-19-62(25-48(68)82)34(6)50-32(4)51-36(13-16-44(64)78)58(7,8)42(72-51)22-38-35(12-15-43(63)77)59(9,23-46(66)80)55(71-38)33(5)52-37(14-17-45(65)79)60(10,24-47(67)81)61(11,74-52)57(62)73-50;;/h20-22,28,31,34-37,41,53-54,56-57,76,84H,12-19,23-27H2,1-11H3,(H15,63,64,65,66,67,68,69,71,72,73,74,77,78,79,80,81,82,83,85,86);;1H2/q;+2;/p-2/t31?,34-,35+,36+,37+,41+,53+,54+,56-,57?,59-,60-,61+,62+;;/m0../s1. The maximum atomic E-state index is 14.5. The van der Waals surface area contributed by atoms with Gasteiger partial charge in [0.1, 0.15) is 18.3 Å². The van der Waals surface area contributed by atoms with E-state index in [-0.39, 0.29) is 86.5 Å². The van der Waals surface area contributed by atoms with Crippen LogP contribution in [0.2, 0.25) is 0 Å². The number of nitrogens with one attached hydrogen (secondary N) is 1. The van der Waals surface area contributed by atoms with Gasteiger partial charge in [0.25, 0.3) is 7.82 Å². The van der Waals surface area contributed by atoms with Gasteiger partial charge in [0.05, 0.1) is 41.3 Å². The second-order valence-electron chi connectivity index (χ2n) is 26.9. The quantitative estimate of drug-likeness (QED) is 0.0611. The number of ether oxygens (including phenoxy) is 1. The van der Waals surface area contributed by atoms with Crippen molar-refractivity contribution in [2.75, 3.05) is 13.2 Å². The Balaban J connectivity index is 0.00000672. The largest absolute Gasteiger partial charge is 2.00 e.